The van der Waals surface area contributed by atoms with Crippen molar-refractivity contribution in [1.82, 2.24) is 9.88 Å². The molecule has 2 unspecified atom stereocenters. The minimum absolute atomic E-state index is 0.0167. The Kier molecular flexibility index (Phi) is 16.9. The van der Waals surface area contributed by atoms with Crippen LogP contribution in [0, 0.1) is 23.6 Å². The summed E-state index contributed by atoms with van der Waals surface area (Å²) in [5.74, 6) is -0.969. The van der Waals surface area contributed by atoms with Crippen LogP contribution in [0.4, 0.5) is 14.6 Å². The van der Waals surface area contributed by atoms with Gasteiger partial charge in [0.15, 0.2) is 0 Å². The van der Waals surface area contributed by atoms with Crippen LogP contribution in [0.3, 0.4) is 0 Å². The highest BCUT2D eigenvalue weighted by Gasteiger charge is 2.35. The van der Waals surface area contributed by atoms with Crippen LogP contribution in [0.25, 0.3) is 5.57 Å². The van der Waals surface area contributed by atoms with E-state index >= 15 is 8.78 Å². The number of amides is 1. The number of nitrogens with zero attached hydrogens (tertiary/aromatic N) is 3. The van der Waals surface area contributed by atoms with E-state index in [1.54, 1.807) is 38.2 Å². The lowest BCUT2D eigenvalue weighted by Gasteiger charge is -2.37. The summed E-state index contributed by atoms with van der Waals surface area (Å²) in [5.41, 5.74) is 7.95. The minimum atomic E-state index is -0.694. The van der Waals surface area contributed by atoms with Crippen LogP contribution < -0.4 is 15.8 Å². The first-order valence-corrected chi connectivity index (χ1v) is 17.5. The number of halogens is 2. The number of pyridine rings is 1. The van der Waals surface area contributed by atoms with Gasteiger partial charge >= 0.3 is 0 Å². The molecule has 268 valence electrons. The van der Waals surface area contributed by atoms with Crippen molar-refractivity contribution in [3.63, 3.8) is 0 Å². The maximum Gasteiger partial charge on any atom is 0.257 e. The molecule has 3 rings (SSSR count). The summed E-state index contributed by atoms with van der Waals surface area (Å²) >= 11 is 0. The Morgan fingerprint density at radius 1 is 1.08 bits per heavy atom. The summed E-state index contributed by atoms with van der Waals surface area (Å²) in [6.45, 7) is 20.2. The number of nitrogens with one attached hydrogen (secondary N) is 1. The predicted molar refractivity (Wildman–Crippen MR) is 196 cm³/mol. The third-order valence-corrected chi connectivity index (χ3v) is 8.69. The van der Waals surface area contributed by atoms with Gasteiger partial charge in [-0.25, -0.2) is 14.4 Å². The highest BCUT2D eigenvalue weighted by molar-refractivity contribution is 6.07. The van der Waals surface area contributed by atoms with Crippen molar-refractivity contribution in [2.75, 3.05) is 11.9 Å². The molecule has 1 aliphatic rings. The summed E-state index contributed by atoms with van der Waals surface area (Å²) in [6, 6.07) is 7.77. The van der Waals surface area contributed by atoms with E-state index in [1.807, 2.05) is 20.8 Å². The Morgan fingerprint density at radius 2 is 1.78 bits per heavy atom. The van der Waals surface area contributed by atoms with Crippen LogP contribution in [-0.2, 0) is 4.79 Å². The first-order chi connectivity index (χ1) is 23.3. The maximum atomic E-state index is 16.4. The van der Waals surface area contributed by atoms with Gasteiger partial charge in [-0.15, -0.1) is 0 Å². The number of aromatic nitrogens is 1. The quantitative estimate of drug-likeness (QED) is 0.171. The zero-order valence-corrected chi connectivity index (χ0v) is 30.5. The fourth-order valence-corrected chi connectivity index (χ4v) is 5.38. The second kappa shape index (κ2) is 20.2. The average Bonchev–Trinajstić information content (AvgIpc) is 3.09. The van der Waals surface area contributed by atoms with Gasteiger partial charge < -0.3 is 20.6 Å². The van der Waals surface area contributed by atoms with E-state index in [4.69, 9.17) is 10.5 Å². The van der Waals surface area contributed by atoms with Gasteiger partial charge in [0.1, 0.15) is 29.0 Å². The number of ether oxygens (including phenoxy) is 1. The molecule has 3 atom stereocenters. The summed E-state index contributed by atoms with van der Waals surface area (Å²) in [7, 11) is 0. The topological polar surface area (TPSA) is 110 Å². The molecule has 0 saturated heterocycles. The number of hydrogen-bond donors (Lipinski definition) is 2. The molecule has 1 aromatic heterocycles. The Labute approximate surface area is 291 Å². The molecule has 10 heteroatoms. The summed E-state index contributed by atoms with van der Waals surface area (Å²) in [6.07, 6.45) is 8.52. The molecule has 0 saturated carbocycles. The zero-order chi connectivity index (χ0) is 36.7. The number of amidine groups is 1. The zero-order valence-electron chi connectivity index (χ0n) is 30.5. The van der Waals surface area contributed by atoms with Crippen molar-refractivity contribution in [3.05, 3.63) is 83.6 Å². The Morgan fingerprint density at radius 3 is 2.33 bits per heavy atom. The Bertz CT molecular complexity index is 1520. The monoisotopic (exact) mass is 679 g/mol. The minimum Gasteiger partial charge on any atom is -0.493 e. The van der Waals surface area contributed by atoms with Crippen LogP contribution in [0.2, 0.25) is 0 Å². The molecule has 2 heterocycles. The molecule has 1 aliphatic heterocycles. The number of Topliss-reactive ketones (excluding diaryl/α,β-unsaturated/α-hetero) is 1. The molecule has 1 aromatic carbocycles. The lowest BCUT2D eigenvalue weighted by Crippen LogP contribution is -2.36. The number of carbonyl (C=O) groups excluding carboxylic acids is 2. The Balaban J connectivity index is 0.00000155. The van der Waals surface area contributed by atoms with Gasteiger partial charge in [0.05, 0.1) is 24.1 Å². The second-order valence-electron chi connectivity index (χ2n) is 12.4. The van der Waals surface area contributed by atoms with Crippen molar-refractivity contribution in [3.8, 4) is 5.75 Å². The highest BCUT2D eigenvalue weighted by atomic mass is 19.1. The molecule has 0 bridgehead atoms. The van der Waals surface area contributed by atoms with Gasteiger partial charge in [-0.2, -0.15) is 4.39 Å². The molecule has 2 aromatic rings. The largest absolute Gasteiger partial charge is 0.493 e. The number of aliphatic imine (C=N–C) groups is 1. The number of rotatable bonds is 16. The van der Waals surface area contributed by atoms with E-state index < -0.39 is 17.7 Å². The maximum absolute atomic E-state index is 16.4. The van der Waals surface area contributed by atoms with Gasteiger partial charge in [0.25, 0.3) is 5.91 Å². The summed E-state index contributed by atoms with van der Waals surface area (Å²) in [5, 5.41) is 2.68. The second-order valence-corrected chi connectivity index (χ2v) is 12.4. The van der Waals surface area contributed by atoms with Crippen LogP contribution in [0.5, 0.6) is 5.75 Å². The third kappa shape index (κ3) is 11.4. The Hall–Kier alpha value is -4.34. The molecule has 0 radical (unpaired) electrons. The number of carbonyl (C=O) groups is 2. The van der Waals surface area contributed by atoms with E-state index in [-0.39, 0.29) is 52.6 Å². The molecule has 0 aliphatic carbocycles. The molecule has 3 N–H and O–H groups in total. The van der Waals surface area contributed by atoms with Crippen LogP contribution in [0.15, 0.2) is 71.6 Å². The third-order valence-electron chi connectivity index (χ3n) is 8.69. The molecule has 0 spiro atoms. The lowest BCUT2D eigenvalue weighted by atomic mass is 9.85. The molecule has 0 fully saturated rings. The SMILES string of the molecule is C=C(C(CCCC)C[C@H](C)CC)N1C(F)=CN=C(N)/C1=C(\c1c(F)cc(C(=O)Nc2ccccn2)cc1OCC)C(C)CC.CCC(C)=O. The smallest absolute Gasteiger partial charge is 0.257 e. The van der Waals surface area contributed by atoms with Gasteiger partial charge in [0.2, 0.25) is 5.95 Å². The molecule has 8 nitrogen and oxygen atoms in total. The number of allylic oxidation sites excluding steroid dienone is 2. The molecular weight excluding hydrogens is 624 g/mol. The van der Waals surface area contributed by atoms with Crippen molar-refractivity contribution < 1.29 is 23.1 Å². The first-order valence-electron chi connectivity index (χ1n) is 17.5. The fraction of sp³-hybridized carbons (Fsp3) is 0.487. The predicted octanol–water partition coefficient (Wildman–Crippen LogP) is 9.81. The number of ketones is 1. The van der Waals surface area contributed by atoms with Crippen LogP contribution >= 0.6 is 0 Å². The fourth-order valence-electron chi connectivity index (χ4n) is 5.38. The van der Waals surface area contributed by atoms with E-state index in [1.165, 1.54) is 11.0 Å². The normalized spacial score (nSPS) is 15.5. The summed E-state index contributed by atoms with van der Waals surface area (Å²) < 4.78 is 38.3. The highest BCUT2D eigenvalue weighted by Crippen LogP contribution is 2.43. The standard InChI is InChI=1S/C35H47F2N5O2.C4H8O/c1-8-12-15-25(18-22(5)9-2)24(7)42-29(37)21-40-34(38)33(42)31(23(6)10-3)32-27(36)19-26(20-28(32)44-11-4)35(43)41-30-16-13-14-17-39-30;1-3-4(2)5/h13-14,16-17,19-23,25H,7-12,15,18H2,1-6H3,(H2,38,40)(H,39,41,43);3H2,1-2H3/b33-31+;/t22-,23?,25?;/m1./s1. The van der Waals surface area contributed by atoms with Gasteiger partial charge in [0, 0.05) is 23.9 Å². The van der Waals surface area contributed by atoms with E-state index in [0.717, 1.165) is 44.4 Å². The molecular formula is C39H55F2N5O3. The number of hydrogen-bond acceptors (Lipinski definition) is 7. The average molecular weight is 680 g/mol. The van der Waals surface area contributed by atoms with Crippen molar-refractivity contribution in [2.45, 2.75) is 100 Å². The molecule has 49 heavy (non-hydrogen) atoms. The van der Waals surface area contributed by atoms with Crippen molar-refractivity contribution >= 4 is 28.9 Å². The van der Waals surface area contributed by atoms with E-state index in [9.17, 15) is 9.59 Å². The summed E-state index contributed by atoms with van der Waals surface area (Å²) in [4.78, 5) is 32.6. The van der Waals surface area contributed by atoms with Gasteiger partial charge in [-0.3, -0.25) is 9.69 Å². The van der Waals surface area contributed by atoms with Crippen LogP contribution in [0.1, 0.15) is 116 Å². The van der Waals surface area contributed by atoms with Gasteiger partial charge in [-0.05, 0) is 80.7 Å². The number of anilines is 1. The number of nitrogens with two attached hydrogens (primary N) is 1. The van der Waals surface area contributed by atoms with E-state index in [2.05, 4.69) is 42.6 Å². The van der Waals surface area contributed by atoms with Crippen molar-refractivity contribution in [1.29, 1.82) is 0 Å². The number of unbranched alkanes of at least 4 members (excludes halogenated alkanes) is 1. The van der Waals surface area contributed by atoms with Crippen LogP contribution in [-0.4, -0.2) is 34.0 Å². The van der Waals surface area contributed by atoms with E-state index in [0.29, 0.717) is 35.8 Å². The van der Waals surface area contributed by atoms with Crippen molar-refractivity contribution in [2.24, 2.45) is 28.5 Å². The van der Waals surface area contributed by atoms with Gasteiger partial charge in [-0.1, -0.05) is 73.5 Å². The lowest BCUT2D eigenvalue weighted by molar-refractivity contribution is -0.116. The first kappa shape index (κ1) is 40.8. The molecule has 1 amide bonds. The number of benzene rings is 1.